The Bertz CT molecular complexity index is 325. The number of nitrogens with zero attached hydrogens (tertiary/aromatic N) is 1. The fourth-order valence-electron chi connectivity index (χ4n) is 4.30. The molecule has 5 nitrogen and oxygen atoms in total. The van der Waals surface area contributed by atoms with Crippen molar-refractivity contribution in [1.29, 1.82) is 0 Å². The largest absolute Gasteiger partial charge is 0.384 e. The summed E-state index contributed by atoms with van der Waals surface area (Å²) in [6, 6.07) is 1.09. The van der Waals surface area contributed by atoms with Crippen LogP contribution in [-0.2, 0) is 14.2 Å². The van der Waals surface area contributed by atoms with Crippen LogP contribution in [0, 0.1) is 5.92 Å². The van der Waals surface area contributed by atoms with E-state index in [0.717, 1.165) is 45.0 Å². The second kappa shape index (κ2) is 6.92. The normalized spacial score (nSPS) is 34.6. The van der Waals surface area contributed by atoms with Gasteiger partial charge in [-0.15, -0.1) is 0 Å². The lowest BCUT2D eigenvalue weighted by Gasteiger charge is -2.47. The molecule has 1 aliphatic carbocycles. The van der Waals surface area contributed by atoms with Crippen LogP contribution >= 0.6 is 0 Å². The Labute approximate surface area is 128 Å². The van der Waals surface area contributed by atoms with Crippen LogP contribution in [-0.4, -0.2) is 69.8 Å². The minimum Gasteiger partial charge on any atom is -0.384 e. The van der Waals surface area contributed by atoms with Crippen LogP contribution in [0.2, 0.25) is 0 Å². The van der Waals surface area contributed by atoms with Crippen molar-refractivity contribution in [3.63, 3.8) is 0 Å². The van der Waals surface area contributed by atoms with Gasteiger partial charge in [-0.2, -0.15) is 0 Å². The van der Waals surface area contributed by atoms with E-state index in [1.165, 1.54) is 25.9 Å². The van der Waals surface area contributed by atoms with Crippen LogP contribution in [0.1, 0.15) is 32.1 Å². The molecule has 5 heteroatoms. The second-order valence-electron chi connectivity index (χ2n) is 6.75. The molecule has 0 amide bonds. The number of piperidine rings is 1. The average molecular weight is 298 g/mol. The zero-order valence-corrected chi connectivity index (χ0v) is 13.5. The summed E-state index contributed by atoms with van der Waals surface area (Å²) in [6.07, 6.45) is 5.66. The molecule has 0 radical (unpaired) electrons. The van der Waals surface area contributed by atoms with Crippen molar-refractivity contribution in [2.45, 2.75) is 50.0 Å². The highest BCUT2D eigenvalue weighted by atomic mass is 16.7. The number of nitrogens with one attached hydrogen (secondary N) is 1. The van der Waals surface area contributed by atoms with E-state index in [0.29, 0.717) is 12.1 Å². The molecule has 1 spiro atoms. The number of ether oxygens (including phenoxy) is 3. The number of hydrogen-bond acceptors (Lipinski definition) is 5. The lowest BCUT2D eigenvalue weighted by molar-refractivity contribution is -0.194. The second-order valence-corrected chi connectivity index (χ2v) is 6.75. The summed E-state index contributed by atoms with van der Waals surface area (Å²) in [5, 5.41) is 3.52. The van der Waals surface area contributed by atoms with Crippen molar-refractivity contribution in [3.8, 4) is 0 Å². The van der Waals surface area contributed by atoms with E-state index in [9.17, 15) is 0 Å². The van der Waals surface area contributed by atoms with Crippen LogP contribution in [0.5, 0.6) is 0 Å². The summed E-state index contributed by atoms with van der Waals surface area (Å²) in [5.41, 5.74) is 0. The van der Waals surface area contributed by atoms with Crippen LogP contribution in [0.3, 0.4) is 0 Å². The minimum atomic E-state index is -0.290. The summed E-state index contributed by atoms with van der Waals surface area (Å²) >= 11 is 0. The quantitative estimate of drug-likeness (QED) is 0.845. The first kappa shape index (κ1) is 15.7. The van der Waals surface area contributed by atoms with E-state index in [1.807, 2.05) is 7.11 Å². The molecule has 0 aromatic rings. The highest BCUT2D eigenvalue weighted by molar-refractivity contribution is 4.97. The van der Waals surface area contributed by atoms with Gasteiger partial charge in [0.25, 0.3) is 0 Å². The molecule has 0 aromatic carbocycles. The van der Waals surface area contributed by atoms with E-state index >= 15 is 0 Å². The van der Waals surface area contributed by atoms with Crippen molar-refractivity contribution < 1.29 is 14.2 Å². The molecule has 1 N–H and O–H groups in total. The van der Waals surface area contributed by atoms with Crippen LogP contribution in [0.4, 0.5) is 0 Å². The van der Waals surface area contributed by atoms with Gasteiger partial charge in [0.05, 0.1) is 13.2 Å². The average Bonchev–Trinajstić information content (AvgIpc) is 2.96. The van der Waals surface area contributed by atoms with Crippen LogP contribution in [0.15, 0.2) is 0 Å². The predicted octanol–water partition coefficient (Wildman–Crippen LogP) is 1.23. The molecule has 3 rings (SSSR count). The maximum atomic E-state index is 5.96. The molecule has 0 aromatic heterocycles. The monoisotopic (exact) mass is 298 g/mol. The Balaban J connectivity index is 1.61. The number of hydrogen-bond donors (Lipinski definition) is 1. The third-order valence-corrected chi connectivity index (χ3v) is 5.53. The summed E-state index contributed by atoms with van der Waals surface area (Å²) in [7, 11) is 3.90. The van der Waals surface area contributed by atoms with Crippen LogP contribution in [0.25, 0.3) is 0 Å². The molecule has 0 bridgehead atoms. The van der Waals surface area contributed by atoms with Crippen molar-refractivity contribution in [2.24, 2.45) is 5.92 Å². The Hall–Kier alpha value is -0.200. The number of likely N-dealkylation sites (N-methyl/N-ethyl adjacent to an activating group) is 1. The molecule has 21 heavy (non-hydrogen) atoms. The third kappa shape index (κ3) is 3.42. The summed E-state index contributed by atoms with van der Waals surface area (Å²) in [4.78, 5) is 2.65. The number of methoxy groups -OCH3 is 1. The molecule has 2 saturated heterocycles. The van der Waals surface area contributed by atoms with E-state index < -0.39 is 0 Å². The van der Waals surface area contributed by atoms with Gasteiger partial charge in [-0.25, -0.2) is 0 Å². The van der Waals surface area contributed by atoms with Gasteiger partial charge >= 0.3 is 0 Å². The Kier molecular flexibility index (Phi) is 5.17. The first-order valence-corrected chi connectivity index (χ1v) is 8.44. The highest BCUT2D eigenvalue weighted by Crippen LogP contribution is 2.38. The van der Waals surface area contributed by atoms with Gasteiger partial charge in [0.1, 0.15) is 0 Å². The maximum absolute atomic E-state index is 5.96. The van der Waals surface area contributed by atoms with Crippen molar-refractivity contribution in [3.05, 3.63) is 0 Å². The van der Waals surface area contributed by atoms with E-state index in [4.69, 9.17) is 14.2 Å². The Morgan fingerprint density at radius 2 is 1.90 bits per heavy atom. The van der Waals surface area contributed by atoms with Crippen LogP contribution < -0.4 is 5.32 Å². The Morgan fingerprint density at radius 3 is 2.52 bits per heavy atom. The zero-order chi connectivity index (χ0) is 14.7. The first-order chi connectivity index (χ1) is 10.3. The van der Waals surface area contributed by atoms with Gasteiger partial charge in [0, 0.05) is 38.6 Å². The molecular weight excluding hydrogens is 268 g/mol. The lowest BCUT2D eigenvalue weighted by atomic mass is 9.83. The number of rotatable bonds is 4. The molecule has 2 unspecified atom stereocenters. The molecule has 2 heterocycles. The topological polar surface area (TPSA) is 43.0 Å². The van der Waals surface area contributed by atoms with E-state index in [2.05, 4.69) is 17.3 Å². The molecule has 3 aliphatic rings. The zero-order valence-electron chi connectivity index (χ0n) is 13.5. The van der Waals surface area contributed by atoms with Gasteiger partial charge in [0.2, 0.25) is 0 Å². The number of likely N-dealkylation sites (tertiary alicyclic amines) is 1. The fraction of sp³-hybridized carbons (Fsp3) is 1.00. The van der Waals surface area contributed by atoms with Gasteiger partial charge in [-0.3, -0.25) is 4.90 Å². The van der Waals surface area contributed by atoms with E-state index in [1.54, 1.807) is 0 Å². The first-order valence-electron chi connectivity index (χ1n) is 8.44. The van der Waals surface area contributed by atoms with Crippen molar-refractivity contribution in [2.75, 3.05) is 47.1 Å². The van der Waals surface area contributed by atoms with Crippen molar-refractivity contribution in [1.82, 2.24) is 10.2 Å². The summed E-state index contributed by atoms with van der Waals surface area (Å²) in [5.74, 6) is 0.442. The molecule has 2 aliphatic heterocycles. The molecule has 1 saturated carbocycles. The van der Waals surface area contributed by atoms with Gasteiger partial charge < -0.3 is 19.5 Å². The smallest absolute Gasteiger partial charge is 0.170 e. The van der Waals surface area contributed by atoms with Crippen molar-refractivity contribution >= 4 is 0 Å². The molecule has 2 atom stereocenters. The molecule has 3 fully saturated rings. The van der Waals surface area contributed by atoms with E-state index in [-0.39, 0.29) is 5.79 Å². The Morgan fingerprint density at radius 1 is 1.19 bits per heavy atom. The summed E-state index contributed by atoms with van der Waals surface area (Å²) in [6.45, 7) is 4.77. The predicted molar refractivity (Wildman–Crippen MR) is 81.3 cm³/mol. The minimum absolute atomic E-state index is 0.290. The highest BCUT2D eigenvalue weighted by Gasteiger charge is 2.46. The SMILES string of the molecule is CNC1CCC2(CC1N1CCC(COC)CC1)OCCO2. The molecule has 122 valence electrons. The summed E-state index contributed by atoms with van der Waals surface area (Å²) < 4.78 is 17.2. The van der Waals surface area contributed by atoms with Gasteiger partial charge in [-0.05, 0) is 45.3 Å². The maximum Gasteiger partial charge on any atom is 0.170 e. The molecular formula is C16H30N2O3. The standard InChI is InChI=1S/C16H30N2O3/c1-17-14-3-6-16(20-9-10-21-16)11-15(14)18-7-4-13(5-8-18)12-19-2/h13-15,17H,3-12H2,1-2H3. The lowest BCUT2D eigenvalue weighted by Crippen LogP contribution is -2.58. The fourth-order valence-corrected chi connectivity index (χ4v) is 4.30. The third-order valence-electron chi connectivity index (χ3n) is 5.53. The van der Waals surface area contributed by atoms with Gasteiger partial charge in [-0.1, -0.05) is 0 Å². The van der Waals surface area contributed by atoms with Gasteiger partial charge in [0.15, 0.2) is 5.79 Å².